The maximum absolute atomic E-state index is 14.5. The Morgan fingerprint density at radius 3 is 2.45 bits per heavy atom. The third kappa shape index (κ3) is 4.14. The lowest BCUT2D eigenvalue weighted by Crippen LogP contribution is -2.62. The van der Waals surface area contributed by atoms with E-state index >= 15 is 0 Å². The second kappa shape index (κ2) is 8.52. The zero-order valence-corrected chi connectivity index (χ0v) is 22.7. The molecule has 2 bridgehead atoms. The Morgan fingerprint density at radius 1 is 1.27 bits per heavy atom. The Labute approximate surface area is 199 Å². The van der Waals surface area contributed by atoms with Gasteiger partial charge in [-0.2, -0.15) is 0 Å². The molecule has 1 aliphatic carbocycles. The smallest absolute Gasteiger partial charge is 0.204 e. The molecule has 3 fully saturated rings. The van der Waals surface area contributed by atoms with Gasteiger partial charge in [0, 0.05) is 41.1 Å². The van der Waals surface area contributed by atoms with Gasteiger partial charge in [0.1, 0.15) is 11.9 Å². The van der Waals surface area contributed by atoms with Crippen molar-refractivity contribution in [3.63, 3.8) is 0 Å². The van der Waals surface area contributed by atoms with Crippen molar-refractivity contribution in [2.24, 2.45) is 28.6 Å². The second-order valence-electron chi connectivity index (χ2n) is 13.1. The van der Waals surface area contributed by atoms with Crippen molar-refractivity contribution in [2.45, 2.75) is 103 Å². The zero-order valence-electron chi connectivity index (χ0n) is 21.7. The van der Waals surface area contributed by atoms with Gasteiger partial charge in [0.25, 0.3) is 0 Å². The highest BCUT2D eigenvalue weighted by atomic mass is 28.4. The molecule has 33 heavy (non-hydrogen) atoms. The fourth-order valence-electron chi connectivity index (χ4n) is 6.63. The fraction of sp³-hybridized carbons (Fsp3) is 0.920. The van der Waals surface area contributed by atoms with E-state index in [1.807, 2.05) is 13.8 Å². The van der Waals surface area contributed by atoms with Gasteiger partial charge in [0.05, 0.1) is 6.10 Å². The number of hydrogen-bond acceptors (Lipinski definition) is 6. The van der Waals surface area contributed by atoms with Crippen LogP contribution in [0, 0.1) is 38.7 Å². The Kier molecular flexibility index (Phi) is 6.84. The number of rotatable bonds is 7. The minimum absolute atomic E-state index is 0.0350. The first-order valence-corrected chi connectivity index (χ1v) is 15.4. The average molecular weight is 482 g/mol. The van der Waals surface area contributed by atoms with Gasteiger partial charge in [-0.3, -0.25) is 14.9 Å². The summed E-state index contributed by atoms with van der Waals surface area (Å²) < 4.78 is 13.4. The van der Waals surface area contributed by atoms with Gasteiger partial charge in [0.2, 0.25) is 6.54 Å². The lowest BCUT2D eigenvalue weighted by atomic mass is 9.51. The third-order valence-corrected chi connectivity index (χ3v) is 14.3. The molecule has 0 radical (unpaired) electrons. The largest absolute Gasteiger partial charge is 0.416 e. The summed E-state index contributed by atoms with van der Waals surface area (Å²) in [7, 11) is -2.04. The third-order valence-electron chi connectivity index (χ3n) is 9.78. The average Bonchev–Trinajstić information content (AvgIpc) is 2.95. The summed E-state index contributed by atoms with van der Waals surface area (Å²) in [6.45, 7) is 17.2. The van der Waals surface area contributed by atoms with Crippen molar-refractivity contribution < 1.29 is 23.7 Å². The normalized spacial score (nSPS) is 38.5. The molecule has 0 aromatic heterocycles. The van der Waals surface area contributed by atoms with E-state index in [0.717, 1.165) is 25.5 Å². The van der Waals surface area contributed by atoms with Crippen molar-refractivity contribution in [3.8, 4) is 0 Å². The van der Waals surface area contributed by atoms with Crippen LogP contribution in [0.15, 0.2) is 0 Å². The quantitative estimate of drug-likeness (QED) is 0.218. The summed E-state index contributed by atoms with van der Waals surface area (Å²) in [5.74, 6) is -1.22. The van der Waals surface area contributed by atoms with Crippen LogP contribution < -0.4 is 0 Å². The minimum atomic E-state index is -2.04. The standard InChI is InChI=1S/C25H43NO6Si/c1-22(2,3)33(7,8)31-16-17-10-9-12-24(6)14-20-19(15-27)23(4,5)18(11-13-26(29)30)21(28)25(17,24)32-20/h15,17-20H,9-14,16H2,1-8H3/t17-,18+,19?,20-,24+,25-/m1/s1. The molecule has 0 amide bonds. The molecule has 0 aromatic carbocycles. The van der Waals surface area contributed by atoms with E-state index in [0.29, 0.717) is 13.0 Å². The first-order chi connectivity index (χ1) is 15.0. The molecule has 3 rings (SSSR count). The van der Waals surface area contributed by atoms with Crippen molar-refractivity contribution in [1.29, 1.82) is 0 Å². The molecule has 2 saturated heterocycles. The molecule has 0 N–H and O–H groups in total. The van der Waals surface area contributed by atoms with Gasteiger partial charge < -0.3 is 14.0 Å². The topological polar surface area (TPSA) is 95.7 Å². The van der Waals surface area contributed by atoms with Crippen LogP contribution in [0.2, 0.25) is 18.1 Å². The number of aldehydes is 1. The molecule has 1 spiro atoms. The molecular weight excluding hydrogens is 438 g/mol. The van der Waals surface area contributed by atoms with Crippen LogP contribution in [-0.2, 0) is 18.8 Å². The van der Waals surface area contributed by atoms with Crippen molar-refractivity contribution in [2.75, 3.05) is 13.2 Å². The van der Waals surface area contributed by atoms with Crippen LogP contribution in [0.5, 0.6) is 0 Å². The van der Waals surface area contributed by atoms with Crippen molar-refractivity contribution in [1.82, 2.24) is 0 Å². The first kappa shape index (κ1) is 26.5. The molecule has 1 saturated carbocycles. The van der Waals surface area contributed by atoms with Gasteiger partial charge in [-0.05, 0) is 42.8 Å². The zero-order chi connectivity index (χ0) is 25.0. The number of carbonyl (C=O) groups excluding carboxylic acids is 2. The maximum atomic E-state index is 14.5. The van der Waals surface area contributed by atoms with Crippen LogP contribution in [0.3, 0.4) is 0 Å². The molecule has 8 heteroatoms. The number of nitrogens with zero attached hydrogens (tertiary/aromatic N) is 1. The Balaban J connectivity index is 2.06. The summed E-state index contributed by atoms with van der Waals surface area (Å²) in [5.41, 5.74) is -2.14. The Bertz CT molecular complexity index is 805. The monoisotopic (exact) mass is 481 g/mol. The number of fused-ring (bicyclic) bond motifs is 1. The second-order valence-corrected chi connectivity index (χ2v) is 17.9. The summed E-state index contributed by atoms with van der Waals surface area (Å²) in [6, 6.07) is 0. The van der Waals surface area contributed by atoms with Crippen LogP contribution in [0.1, 0.15) is 73.6 Å². The van der Waals surface area contributed by atoms with E-state index in [-0.39, 0.29) is 46.1 Å². The molecule has 6 atom stereocenters. The lowest BCUT2D eigenvalue weighted by molar-refractivity contribution is -0.481. The summed E-state index contributed by atoms with van der Waals surface area (Å²) >= 11 is 0. The van der Waals surface area contributed by atoms with E-state index in [1.165, 1.54) is 0 Å². The predicted octanol–water partition coefficient (Wildman–Crippen LogP) is 5.05. The number of hydrogen-bond donors (Lipinski definition) is 0. The number of carbonyl (C=O) groups is 2. The number of ether oxygens (including phenoxy) is 1. The molecule has 2 heterocycles. The van der Waals surface area contributed by atoms with Crippen LogP contribution in [0.4, 0.5) is 0 Å². The van der Waals surface area contributed by atoms with Gasteiger partial charge in [-0.15, -0.1) is 0 Å². The molecule has 1 unspecified atom stereocenters. The molecule has 7 nitrogen and oxygen atoms in total. The van der Waals surface area contributed by atoms with Crippen LogP contribution in [0.25, 0.3) is 0 Å². The molecular formula is C25H43NO6Si. The van der Waals surface area contributed by atoms with Gasteiger partial charge in [0.15, 0.2) is 14.1 Å². The SMILES string of the molecule is CC1(C)C(C=O)[C@H]2C[C@]3(C)CCC[C@H](CO[Si](C)(C)C(C)(C)C)[C@@]3(O2)C(=O)[C@@H]1CC[N+](=O)[O-]. The summed E-state index contributed by atoms with van der Waals surface area (Å²) in [6.07, 6.45) is 4.06. The molecule has 2 aliphatic heterocycles. The lowest BCUT2D eigenvalue weighted by Gasteiger charge is -2.53. The Hall–Kier alpha value is -1.12. The van der Waals surface area contributed by atoms with Crippen LogP contribution in [-0.4, -0.2) is 50.2 Å². The number of ketones is 1. The highest BCUT2D eigenvalue weighted by Crippen LogP contribution is 2.64. The van der Waals surface area contributed by atoms with Gasteiger partial charge >= 0.3 is 0 Å². The minimum Gasteiger partial charge on any atom is -0.416 e. The summed E-state index contributed by atoms with van der Waals surface area (Å²) in [4.78, 5) is 37.7. The van der Waals surface area contributed by atoms with E-state index in [9.17, 15) is 19.7 Å². The van der Waals surface area contributed by atoms with E-state index in [4.69, 9.17) is 9.16 Å². The van der Waals surface area contributed by atoms with Gasteiger partial charge in [-0.25, -0.2) is 0 Å². The highest BCUT2D eigenvalue weighted by molar-refractivity contribution is 6.74. The molecule has 0 aromatic rings. The van der Waals surface area contributed by atoms with Gasteiger partial charge in [-0.1, -0.05) is 48.0 Å². The Morgan fingerprint density at radius 2 is 1.91 bits per heavy atom. The van der Waals surface area contributed by atoms with E-state index < -0.39 is 31.2 Å². The van der Waals surface area contributed by atoms with E-state index in [1.54, 1.807) is 0 Å². The number of Topliss-reactive ketones (excluding diaryl/α,β-unsaturated/α-hetero) is 1. The highest BCUT2D eigenvalue weighted by Gasteiger charge is 2.71. The fourth-order valence-corrected chi connectivity index (χ4v) is 7.68. The van der Waals surface area contributed by atoms with Crippen molar-refractivity contribution in [3.05, 3.63) is 10.1 Å². The van der Waals surface area contributed by atoms with Crippen LogP contribution >= 0.6 is 0 Å². The molecule has 188 valence electrons. The summed E-state index contributed by atoms with van der Waals surface area (Å²) in [5, 5.41) is 11.3. The maximum Gasteiger partial charge on any atom is 0.204 e. The van der Waals surface area contributed by atoms with Crippen molar-refractivity contribution >= 4 is 20.4 Å². The first-order valence-electron chi connectivity index (χ1n) is 12.5. The molecule has 3 aliphatic rings. The predicted molar refractivity (Wildman–Crippen MR) is 129 cm³/mol. The number of nitro groups is 1. The van der Waals surface area contributed by atoms with E-state index in [2.05, 4.69) is 40.8 Å².